The summed E-state index contributed by atoms with van der Waals surface area (Å²) in [5, 5.41) is 4.49. The monoisotopic (exact) mass is 479 g/mol. The minimum absolute atomic E-state index is 0.0251. The molecular formula is C23H21N5O3S2. The van der Waals surface area contributed by atoms with Crippen molar-refractivity contribution in [2.24, 2.45) is 5.92 Å². The fourth-order valence-corrected chi connectivity index (χ4v) is 7.32. The van der Waals surface area contributed by atoms with Crippen molar-refractivity contribution in [3.05, 3.63) is 44.6 Å². The molecule has 2 N–H and O–H groups in total. The number of ether oxygens (including phenoxy) is 1. The van der Waals surface area contributed by atoms with Crippen LogP contribution in [0.4, 0.5) is 11.5 Å². The van der Waals surface area contributed by atoms with E-state index in [2.05, 4.69) is 20.3 Å². The second-order valence-corrected chi connectivity index (χ2v) is 11.3. The molecule has 5 heterocycles. The van der Waals surface area contributed by atoms with Gasteiger partial charge in [-0.1, -0.05) is 11.3 Å². The maximum Gasteiger partial charge on any atom is 0.305 e. The minimum atomic E-state index is -0.0591. The number of rotatable bonds is 3. The first-order chi connectivity index (χ1) is 16.1. The Morgan fingerprint density at radius 1 is 1.27 bits per heavy atom. The van der Waals surface area contributed by atoms with E-state index in [0.29, 0.717) is 0 Å². The van der Waals surface area contributed by atoms with Gasteiger partial charge in [0, 0.05) is 22.9 Å². The summed E-state index contributed by atoms with van der Waals surface area (Å²) in [6.07, 6.45) is 5.12. The number of aryl methyl sites for hydroxylation is 1. The number of nitrogens with one attached hydrogen (secondary N) is 2. The first-order valence-corrected chi connectivity index (χ1v) is 12.8. The second kappa shape index (κ2) is 7.09. The topological polar surface area (TPSA) is 100 Å². The highest BCUT2D eigenvalue weighted by molar-refractivity contribution is 7.19. The predicted molar refractivity (Wildman–Crippen MR) is 129 cm³/mol. The molecule has 1 amide bonds. The van der Waals surface area contributed by atoms with Crippen molar-refractivity contribution < 1.29 is 9.53 Å². The van der Waals surface area contributed by atoms with Crippen molar-refractivity contribution in [1.82, 2.24) is 19.9 Å². The Labute approximate surface area is 196 Å². The van der Waals surface area contributed by atoms with E-state index in [1.165, 1.54) is 21.8 Å². The summed E-state index contributed by atoms with van der Waals surface area (Å²) in [4.78, 5) is 40.7. The number of aromatic nitrogens is 3. The average Bonchev–Trinajstić information content (AvgIpc) is 3.30. The third kappa shape index (κ3) is 3.12. The van der Waals surface area contributed by atoms with E-state index in [-0.39, 0.29) is 22.3 Å². The Bertz CT molecular complexity index is 1480. The van der Waals surface area contributed by atoms with Crippen LogP contribution in [0.2, 0.25) is 0 Å². The fraction of sp³-hybridized carbons (Fsp3) is 0.391. The molecule has 2 aliphatic heterocycles. The number of nitrogens with zero attached hydrogens (tertiary/aromatic N) is 3. The second-order valence-electron chi connectivity index (χ2n) is 9.17. The van der Waals surface area contributed by atoms with Crippen molar-refractivity contribution in [2.45, 2.75) is 31.3 Å². The van der Waals surface area contributed by atoms with Crippen LogP contribution in [0.25, 0.3) is 20.4 Å². The number of hydrogen-bond acceptors (Lipinski definition) is 8. The van der Waals surface area contributed by atoms with Gasteiger partial charge in [0.2, 0.25) is 5.91 Å². The molecule has 1 aromatic carbocycles. The van der Waals surface area contributed by atoms with E-state index in [9.17, 15) is 9.59 Å². The molecule has 1 spiro atoms. The normalized spacial score (nSPS) is 21.1. The van der Waals surface area contributed by atoms with Gasteiger partial charge in [-0.25, -0.2) is 9.97 Å². The standard InChI is InChI=1S/C23H21N5O3S2/c29-21(28-9-23(10-28)5-6-31-23)12-1-3-14-16(7-12)32-20-18(14)19(24-11-25-20)26-13-2-4-15-17(8-13)33-22(30)27-15/h2,4,8,11-12H,1,3,5-7,9-10H2,(H,27,30)(H,24,25,26)/t12-/m1/s1. The number of aromatic amines is 1. The lowest BCUT2D eigenvalue weighted by molar-refractivity contribution is -0.223. The molecule has 168 valence electrons. The molecular weight excluding hydrogens is 458 g/mol. The Hall–Kier alpha value is -2.82. The number of amides is 1. The summed E-state index contributed by atoms with van der Waals surface area (Å²) in [5.74, 6) is 1.07. The highest BCUT2D eigenvalue weighted by Crippen LogP contribution is 2.42. The zero-order valence-corrected chi connectivity index (χ0v) is 19.4. The minimum Gasteiger partial charge on any atom is -0.371 e. The van der Waals surface area contributed by atoms with Crippen LogP contribution in [0.5, 0.6) is 0 Å². The maximum absolute atomic E-state index is 13.1. The van der Waals surface area contributed by atoms with Crippen LogP contribution in [-0.4, -0.2) is 51.1 Å². The number of carbonyl (C=O) groups excluding carboxylic acids is 1. The molecule has 8 nitrogen and oxygen atoms in total. The van der Waals surface area contributed by atoms with Crippen molar-refractivity contribution in [3.8, 4) is 0 Å². The van der Waals surface area contributed by atoms with Gasteiger partial charge in [0.15, 0.2) is 0 Å². The molecule has 4 aromatic rings. The molecule has 7 rings (SSSR count). The predicted octanol–water partition coefficient (Wildman–Crippen LogP) is 3.44. The van der Waals surface area contributed by atoms with Gasteiger partial charge >= 0.3 is 4.87 Å². The molecule has 1 atom stereocenters. The molecule has 0 saturated carbocycles. The quantitative estimate of drug-likeness (QED) is 0.467. The number of carbonyl (C=O) groups is 1. The first kappa shape index (κ1) is 19.6. The van der Waals surface area contributed by atoms with E-state index in [0.717, 1.165) is 77.3 Å². The largest absolute Gasteiger partial charge is 0.371 e. The van der Waals surface area contributed by atoms with Gasteiger partial charge in [0.05, 0.1) is 35.3 Å². The molecule has 1 aliphatic carbocycles. The van der Waals surface area contributed by atoms with Gasteiger partial charge < -0.3 is 19.9 Å². The molecule has 3 aromatic heterocycles. The van der Waals surface area contributed by atoms with Crippen LogP contribution >= 0.6 is 22.7 Å². The summed E-state index contributed by atoms with van der Waals surface area (Å²) in [7, 11) is 0. The van der Waals surface area contributed by atoms with Gasteiger partial charge in [-0.05, 0) is 43.0 Å². The van der Waals surface area contributed by atoms with Gasteiger partial charge in [-0.2, -0.15) is 0 Å². The van der Waals surface area contributed by atoms with Gasteiger partial charge in [0.1, 0.15) is 22.6 Å². The number of benzene rings is 1. The molecule has 0 radical (unpaired) electrons. The Morgan fingerprint density at radius 3 is 2.97 bits per heavy atom. The zero-order valence-electron chi connectivity index (χ0n) is 17.7. The smallest absolute Gasteiger partial charge is 0.305 e. The molecule has 10 heteroatoms. The Morgan fingerprint density at radius 2 is 2.15 bits per heavy atom. The third-order valence-electron chi connectivity index (χ3n) is 7.11. The van der Waals surface area contributed by atoms with Crippen LogP contribution in [0.1, 0.15) is 23.3 Å². The number of thiophene rings is 1. The maximum atomic E-state index is 13.1. The summed E-state index contributed by atoms with van der Waals surface area (Å²) >= 11 is 2.87. The highest BCUT2D eigenvalue weighted by atomic mass is 32.1. The van der Waals surface area contributed by atoms with E-state index in [4.69, 9.17) is 4.74 Å². The van der Waals surface area contributed by atoms with Crippen LogP contribution in [-0.2, 0) is 22.4 Å². The summed E-state index contributed by atoms with van der Waals surface area (Å²) < 4.78 is 6.58. The number of hydrogen-bond donors (Lipinski definition) is 2. The van der Waals surface area contributed by atoms with Crippen LogP contribution in [0.3, 0.4) is 0 Å². The number of thiazole rings is 1. The van der Waals surface area contributed by atoms with Gasteiger partial charge in [-0.3, -0.25) is 9.59 Å². The summed E-state index contributed by atoms with van der Waals surface area (Å²) in [5.41, 5.74) is 2.95. The molecule has 3 aliphatic rings. The lowest BCUT2D eigenvalue weighted by Crippen LogP contribution is -2.70. The molecule has 0 unspecified atom stereocenters. The SMILES string of the molecule is O=C([C@@H]1CCc2c(sc3ncnc(Nc4ccc5[nH]c(=O)sc5c4)c23)C1)N1CC2(CCO2)C1. The molecule has 2 saturated heterocycles. The van der Waals surface area contributed by atoms with E-state index >= 15 is 0 Å². The van der Waals surface area contributed by atoms with Crippen molar-refractivity contribution in [2.75, 3.05) is 25.0 Å². The fourth-order valence-electron chi connectivity index (χ4n) is 5.28. The highest BCUT2D eigenvalue weighted by Gasteiger charge is 2.51. The lowest BCUT2D eigenvalue weighted by Gasteiger charge is -2.55. The van der Waals surface area contributed by atoms with E-state index in [1.807, 2.05) is 23.1 Å². The number of likely N-dealkylation sites (tertiary alicyclic amines) is 1. The number of anilines is 2. The average molecular weight is 480 g/mol. The van der Waals surface area contributed by atoms with Gasteiger partial charge in [0.25, 0.3) is 0 Å². The van der Waals surface area contributed by atoms with Crippen LogP contribution in [0, 0.1) is 5.92 Å². The Kier molecular flexibility index (Phi) is 4.22. The van der Waals surface area contributed by atoms with E-state index < -0.39 is 0 Å². The first-order valence-electron chi connectivity index (χ1n) is 11.1. The van der Waals surface area contributed by atoms with Crippen LogP contribution < -0.4 is 10.2 Å². The van der Waals surface area contributed by atoms with E-state index in [1.54, 1.807) is 17.7 Å². The van der Waals surface area contributed by atoms with Crippen molar-refractivity contribution in [3.63, 3.8) is 0 Å². The summed E-state index contributed by atoms with van der Waals surface area (Å²) in [6.45, 7) is 2.33. The molecule has 33 heavy (non-hydrogen) atoms. The zero-order chi connectivity index (χ0) is 22.2. The summed E-state index contributed by atoms with van der Waals surface area (Å²) in [6, 6.07) is 5.81. The Balaban J connectivity index is 1.16. The lowest BCUT2D eigenvalue weighted by atomic mass is 9.82. The van der Waals surface area contributed by atoms with Crippen molar-refractivity contribution >= 4 is 60.5 Å². The van der Waals surface area contributed by atoms with Crippen LogP contribution in [0.15, 0.2) is 29.3 Å². The third-order valence-corrected chi connectivity index (χ3v) is 9.12. The number of H-pyrrole nitrogens is 1. The molecule has 0 bridgehead atoms. The molecule has 2 fully saturated rings. The van der Waals surface area contributed by atoms with Crippen molar-refractivity contribution in [1.29, 1.82) is 0 Å². The number of fused-ring (bicyclic) bond motifs is 4. The van der Waals surface area contributed by atoms with Gasteiger partial charge in [-0.15, -0.1) is 11.3 Å².